The lowest BCUT2D eigenvalue weighted by atomic mass is 9.81. The Morgan fingerprint density at radius 1 is 0.915 bits per heavy atom. The summed E-state index contributed by atoms with van der Waals surface area (Å²) < 4.78 is 2.23. The fraction of sp³-hybridized carbons (Fsp3) is 0.405. The molecule has 47 heavy (non-hydrogen) atoms. The number of hydrogen-bond acceptors (Lipinski definition) is 6. The SMILES string of the molecule is C#CCCCC[N+]1=C(/C=C/C=C/C=C2\N(CCCCCC(=O)O)c3ccc([N+](=O)[O-])cc3C2(C)C)C(C)(C)c2cc([N+](=O)[O-])ccc21. The first-order valence-corrected chi connectivity index (χ1v) is 16.0. The molecule has 2 heterocycles. The maximum Gasteiger partial charge on any atom is 0.303 e. The Morgan fingerprint density at radius 3 is 2.26 bits per heavy atom. The van der Waals surface area contributed by atoms with E-state index in [1.807, 2.05) is 30.4 Å². The summed E-state index contributed by atoms with van der Waals surface area (Å²) in [5.74, 6) is 1.89. The number of nitro benzene ring substituents is 2. The van der Waals surface area contributed by atoms with Gasteiger partial charge in [-0.1, -0.05) is 38.5 Å². The van der Waals surface area contributed by atoms with Crippen molar-refractivity contribution in [1.82, 2.24) is 0 Å². The van der Waals surface area contributed by atoms with E-state index in [-0.39, 0.29) is 27.6 Å². The van der Waals surface area contributed by atoms with Crippen molar-refractivity contribution in [3.05, 3.63) is 104 Å². The van der Waals surface area contributed by atoms with Crippen LogP contribution < -0.4 is 4.90 Å². The van der Waals surface area contributed by atoms with E-state index in [1.165, 1.54) is 6.07 Å². The second-order valence-electron chi connectivity index (χ2n) is 13.0. The van der Waals surface area contributed by atoms with Gasteiger partial charge in [0.1, 0.15) is 6.54 Å². The number of non-ortho nitro benzene ring substituents is 2. The van der Waals surface area contributed by atoms with Crippen LogP contribution in [0, 0.1) is 32.6 Å². The monoisotopic (exact) mass is 639 g/mol. The third-order valence-corrected chi connectivity index (χ3v) is 9.13. The number of carboxylic acid groups (broad SMARTS) is 1. The fourth-order valence-electron chi connectivity index (χ4n) is 6.61. The first-order valence-electron chi connectivity index (χ1n) is 16.0. The molecule has 0 spiro atoms. The lowest BCUT2D eigenvalue weighted by Crippen LogP contribution is -2.28. The van der Waals surface area contributed by atoms with Gasteiger partial charge in [0.05, 0.1) is 15.3 Å². The minimum Gasteiger partial charge on any atom is -0.481 e. The van der Waals surface area contributed by atoms with E-state index < -0.39 is 16.8 Å². The number of allylic oxidation sites excluding steroid dienone is 6. The second-order valence-corrected chi connectivity index (χ2v) is 13.0. The topological polar surface area (TPSA) is 130 Å². The van der Waals surface area contributed by atoms with E-state index in [0.29, 0.717) is 19.4 Å². The molecule has 0 aliphatic carbocycles. The zero-order valence-corrected chi connectivity index (χ0v) is 27.6. The number of rotatable bonds is 15. The van der Waals surface area contributed by atoms with Crippen molar-refractivity contribution in [3.8, 4) is 12.3 Å². The molecule has 0 unspecified atom stereocenters. The quantitative estimate of drug-likeness (QED) is 0.0520. The molecule has 0 aromatic heterocycles. The van der Waals surface area contributed by atoms with Crippen LogP contribution in [0.5, 0.6) is 0 Å². The number of unbranched alkanes of at least 4 members (excludes halogenated alkanes) is 4. The number of carboxylic acids is 1. The highest BCUT2D eigenvalue weighted by Gasteiger charge is 2.45. The first kappa shape index (κ1) is 34.8. The number of hydrogen-bond donors (Lipinski definition) is 1. The lowest BCUT2D eigenvalue weighted by molar-refractivity contribution is -0.438. The van der Waals surface area contributed by atoms with Crippen molar-refractivity contribution in [2.24, 2.45) is 0 Å². The highest BCUT2D eigenvalue weighted by molar-refractivity contribution is 6.03. The smallest absolute Gasteiger partial charge is 0.303 e. The zero-order chi connectivity index (χ0) is 34.4. The molecule has 0 saturated carbocycles. The molecule has 0 fully saturated rings. The third-order valence-electron chi connectivity index (χ3n) is 9.13. The van der Waals surface area contributed by atoms with Gasteiger partial charge in [0.2, 0.25) is 5.69 Å². The van der Waals surface area contributed by atoms with Gasteiger partial charge >= 0.3 is 5.97 Å². The Kier molecular flexibility index (Phi) is 10.8. The Hall–Kier alpha value is -5.04. The maximum absolute atomic E-state index is 11.6. The average Bonchev–Trinajstić information content (AvgIpc) is 3.36. The Labute approximate surface area is 276 Å². The standard InChI is InChI=1S/C37H42N4O6/c1-6-7-8-14-23-38-31-21-19-27(40(44)45)25-29(31)36(2,3)33(38)16-11-9-12-17-34-37(4,5)30-26-28(41(46)47)20-22-32(30)39(34)24-15-10-13-18-35(42)43/h1,9,11-12,16-17,19-22,25-26H,7-8,10,13-15,18,23-24H2,2-5H3/p+1. The molecule has 1 N–H and O–H groups in total. The fourth-order valence-corrected chi connectivity index (χ4v) is 6.61. The van der Waals surface area contributed by atoms with Gasteiger partial charge in [-0.3, -0.25) is 25.0 Å². The Balaban J connectivity index is 1.63. The van der Waals surface area contributed by atoms with Gasteiger partial charge in [0.15, 0.2) is 5.71 Å². The van der Waals surface area contributed by atoms with Crippen LogP contribution in [0.2, 0.25) is 0 Å². The summed E-state index contributed by atoms with van der Waals surface area (Å²) in [7, 11) is 0. The summed E-state index contributed by atoms with van der Waals surface area (Å²) in [6, 6.07) is 10.0. The molecule has 246 valence electrons. The summed E-state index contributed by atoms with van der Waals surface area (Å²) in [5, 5.41) is 32.1. The largest absolute Gasteiger partial charge is 0.481 e. The molecule has 0 atom stereocenters. The highest BCUT2D eigenvalue weighted by Crippen LogP contribution is 2.49. The summed E-state index contributed by atoms with van der Waals surface area (Å²) in [4.78, 5) is 35.5. The Morgan fingerprint density at radius 2 is 1.60 bits per heavy atom. The van der Waals surface area contributed by atoms with Crippen molar-refractivity contribution < 1.29 is 24.3 Å². The van der Waals surface area contributed by atoms with Gasteiger partial charge in [0, 0.05) is 84.6 Å². The molecule has 10 nitrogen and oxygen atoms in total. The van der Waals surface area contributed by atoms with Gasteiger partial charge in [-0.05, 0) is 50.8 Å². The molecule has 0 bridgehead atoms. The van der Waals surface area contributed by atoms with Crippen LogP contribution in [0.25, 0.3) is 0 Å². The molecule has 2 aromatic rings. The molecule has 0 saturated heterocycles. The summed E-state index contributed by atoms with van der Waals surface area (Å²) >= 11 is 0. The molecular formula is C37H43N4O6+. The van der Waals surface area contributed by atoms with Crippen LogP contribution in [0.4, 0.5) is 22.7 Å². The number of aliphatic carboxylic acids is 1. The van der Waals surface area contributed by atoms with Crippen molar-refractivity contribution in [1.29, 1.82) is 0 Å². The van der Waals surface area contributed by atoms with Crippen LogP contribution in [-0.4, -0.2) is 44.3 Å². The van der Waals surface area contributed by atoms with Crippen molar-refractivity contribution in [2.75, 3.05) is 18.0 Å². The summed E-state index contributed by atoms with van der Waals surface area (Å²) in [6.07, 6.45) is 20.2. The predicted octanol–water partition coefficient (Wildman–Crippen LogP) is 8.12. The molecule has 2 aromatic carbocycles. The van der Waals surface area contributed by atoms with Gasteiger partial charge in [0.25, 0.3) is 11.4 Å². The van der Waals surface area contributed by atoms with E-state index in [9.17, 15) is 25.0 Å². The number of nitrogens with zero attached hydrogens (tertiary/aromatic N) is 4. The number of fused-ring (bicyclic) bond motifs is 2. The number of terminal acetylenes is 1. The van der Waals surface area contributed by atoms with Gasteiger partial charge in [-0.2, -0.15) is 4.58 Å². The molecule has 10 heteroatoms. The molecule has 2 aliphatic heterocycles. The zero-order valence-electron chi connectivity index (χ0n) is 27.6. The van der Waals surface area contributed by atoms with E-state index in [4.69, 9.17) is 11.5 Å². The van der Waals surface area contributed by atoms with Crippen LogP contribution in [0.15, 0.2) is 72.5 Å². The van der Waals surface area contributed by atoms with Gasteiger partial charge in [-0.15, -0.1) is 12.3 Å². The third kappa shape index (κ3) is 7.51. The van der Waals surface area contributed by atoms with Gasteiger partial charge in [-0.25, -0.2) is 0 Å². The second kappa shape index (κ2) is 14.6. The van der Waals surface area contributed by atoms with E-state index in [1.54, 1.807) is 24.3 Å². The number of anilines is 1. The molecule has 0 amide bonds. The minimum absolute atomic E-state index is 0.0457. The van der Waals surface area contributed by atoms with Crippen LogP contribution in [-0.2, 0) is 15.6 Å². The number of nitro groups is 2. The number of carbonyl (C=O) groups is 1. The van der Waals surface area contributed by atoms with Crippen LogP contribution in [0.1, 0.15) is 83.8 Å². The van der Waals surface area contributed by atoms with Crippen LogP contribution in [0.3, 0.4) is 0 Å². The van der Waals surface area contributed by atoms with E-state index in [0.717, 1.165) is 66.1 Å². The summed E-state index contributed by atoms with van der Waals surface area (Å²) in [5.41, 5.74) is 4.87. The molecular weight excluding hydrogens is 596 g/mol. The minimum atomic E-state index is -0.805. The normalized spacial score (nSPS) is 17.0. The van der Waals surface area contributed by atoms with E-state index in [2.05, 4.69) is 49.2 Å². The highest BCUT2D eigenvalue weighted by atomic mass is 16.6. The van der Waals surface area contributed by atoms with Crippen molar-refractivity contribution in [3.63, 3.8) is 0 Å². The average molecular weight is 640 g/mol. The molecule has 0 radical (unpaired) electrons. The summed E-state index contributed by atoms with van der Waals surface area (Å²) in [6.45, 7) is 9.67. The molecule has 4 rings (SSSR count). The first-order chi connectivity index (χ1) is 22.3. The van der Waals surface area contributed by atoms with Crippen molar-refractivity contribution >= 4 is 34.4 Å². The molecule has 2 aliphatic rings. The lowest BCUT2D eigenvalue weighted by Gasteiger charge is -2.27. The number of benzene rings is 2. The van der Waals surface area contributed by atoms with Gasteiger partial charge < -0.3 is 10.0 Å². The predicted molar refractivity (Wildman–Crippen MR) is 185 cm³/mol. The maximum atomic E-state index is 11.6. The van der Waals surface area contributed by atoms with E-state index >= 15 is 0 Å². The van der Waals surface area contributed by atoms with Crippen molar-refractivity contribution in [2.45, 2.75) is 83.5 Å². The Bertz CT molecular complexity index is 1720. The van der Waals surface area contributed by atoms with Crippen LogP contribution >= 0.6 is 0 Å².